The number of alkyl halides is 3. The first-order valence-electron chi connectivity index (χ1n) is 6.39. The molecule has 0 aliphatic carbocycles. The maximum Gasteiger partial charge on any atom is 0.430 e. The van der Waals surface area contributed by atoms with Gasteiger partial charge < -0.3 is 15.2 Å². The highest BCUT2D eigenvalue weighted by atomic mass is 35.5. The Hall–Kier alpha value is -2.17. The maximum atomic E-state index is 13.1. The molecular weight excluding hydrogens is 335 g/mol. The van der Waals surface area contributed by atoms with Crippen molar-refractivity contribution in [1.82, 2.24) is 5.32 Å². The zero-order valence-electron chi connectivity index (χ0n) is 11.8. The van der Waals surface area contributed by atoms with Crippen LogP contribution >= 0.6 is 11.6 Å². The number of halogens is 4. The molecule has 0 spiro atoms. The van der Waals surface area contributed by atoms with Crippen molar-refractivity contribution < 1.29 is 27.8 Å². The molecule has 23 heavy (non-hydrogen) atoms. The topological polar surface area (TPSA) is 58.6 Å². The van der Waals surface area contributed by atoms with Gasteiger partial charge in [0.2, 0.25) is 6.10 Å². The lowest BCUT2D eigenvalue weighted by Gasteiger charge is -2.27. The van der Waals surface area contributed by atoms with E-state index in [9.17, 15) is 18.0 Å². The fourth-order valence-corrected chi connectivity index (χ4v) is 2.24. The van der Waals surface area contributed by atoms with Gasteiger partial charge in [0.15, 0.2) is 0 Å². The molecule has 2 rings (SSSR count). The van der Waals surface area contributed by atoms with Crippen molar-refractivity contribution in [1.29, 1.82) is 0 Å². The van der Waals surface area contributed by atoms with Crippen LogP contribution in [0.1, 0.15) is 11.1 Å². The first-order valence-corrected chi connectivity index (χ1v) is 6.77. The number of hydrogen-bond donors (Lipinski definition) is 2. The van der Waals surface area contributed by atoms with Crippen LogP contribution in [0.3, 0.4) is 0 Å². The smallest absolute Gasteiger partial charge is 0.430 e. The molecule has 0 bridgehead atoms. The zero-order chi connectivity index (χ0) is 17.2. The maximum absolute atomic E-state index is 13.1. The van der Waals surface area contributed by atoms with Gasteiger partial charge in [0.05, 0.1) is 17.7 Å². The molecule has 0 fully saturated rings. The Kier molecular flexibility index (Phi) is 4.88. The van der Waals surface area contributed by atoms with Crippen molar-refractivity contribution in [2.24, 2.45) is 0 Å². The minimum atomic E-state index is -4.86. The average molecular weight is 346 g/mol. The SMILES string of the molecule is CNCC#Cc1cc(Cl)cc2c1OC(C(F)(F)F)C(C(=O)O)=C2. The predicted molar refractivity (Wildman–Crippen MR) is 78.3 cm³/mol. The number of aliphatic carboxylic acids is 1. The van der Waals surface area contributed by atoms with Crippen LogP contribution < -0.4 is 10.1 Å². The van der Waals surface area contributed by atoms with Gasteiger partial charge in [-0.2, -0.15) is 13.2 Å². The van der Waals surface area contributed by atoms with Gasteiger partial charge in [-0.3, -0.25) is 0 Å². The summed E-state index contributed by atoms with van der Waals surface area (Å²) >= 11 is 5.91. The molecule has 1 aliphatic heterocycles. The van der Waals surface area contributed by atoms with Crippen molar-refractivity contribution in [3.63, 3.8) is 0 Å². The highest BCUT2D eigenvalue weighted by Crippen LogP contribution is 2.40. The van der Waals surface area contributed by atoms with E-state index in [-0.39, 0.29) is 21.9 Å². The monoisotopic (exact) mass is 345 g/mol. The zero-order valence-corrected chi connectivity index (χ0v) is 12.5. The second-order valence-electron chi connectivity index (χ2n) is 4.65. The highest BCUT2D eigenvalue weighted by molar-refractivity contribution is 6.31. The number of carboxylic acids is 1. The minimum absolute atomic E-state index is 0.134. The standard InChI is InChI=1S/C15H11ClF3NO3/c1-20-4-2-3-8-5-10(16)6-9-7-11(14(21)22)13(15(17,18)19)23-12(8)9/h5-7,13,20H,4H2,1H3,(H,21,22). The summed E-state index contributed by atoms with van der Waals surface area (Å²) in [6.07, 6.45) is -6.51. The predicted octanol–water partition coefficient (Wildman–Crippen LogP) is 2.70. The minimum Gasteiger partial charge on any atom is -0.478 e. The van der Waals surface area contributed by atoms with Crippen LogP contribution in [0, 0.1) is 11.8 Å². The molecule has 1 atom stereocenters. The van der Waals surface area contributed by atoms with Crippen molar-refractivity contribution >= 4 is 23.6 Å². The van der Waals surface area contributed by atoms with Gasteiger partial charge in [0, 0.05) is 10.6 Å². The molecule has 1 aromatic rings. The first kappa shape index (κ1) is 17.2. The quantitative estimate of drug-likeness (QED) is 0.809. The van der Waals surface area contributed by atoms with E-state index in [4.69, 9.17) is 21.4 Å². The molecule has 1 aliphatic rings. The summed E-state index contributed by atoms with van der Waals surface area (Å²) in [5, 5.41) is 12.0. The number of nitrogens with one attached hydrogen (secondary N) is 1. The van der Waals surface area contributed by atoms with Crippen LogP contribution in [0.2, 0.25) is 5.02 Å². The van der Waals surface area contributed by atoms with E-state index in [0.717, 1.165) is 6.08 Å². The van der Waals surface area contributed by atoms with Crippen molar-refractivity contribution in [3.05, 3.63) is 33.9 Å². The number of fused-ring (bicyclic) bond motifs is 1. The molecule has 0 aromatic heterocycles. The first-order chi connectivity index (χ1) is 10.7. The Balaban J connectivity index is 2.59. The second kappa shape index (κ2) is 6.52. The van der Waals surface area contributed by atoms with Crippen LogP contribution in [0.15, 0.2) is 17.7 Å². The van der Waals surface area contributed by atoms with Crippen LogP contribution in [0.4, 0.5) is 13.2 Å². The summed E-state index contributed by atoms with van der Waals surface area (Å²) in [5.41, 5.74) is -0.594. The molecule has 0 saturated heterocycles. The molecule has 0 radical (unpaired) electrons. The van der Waals surface area contributed by atoms with Gasteiger partial charge in [0.25, 0.3) is 0 Å². The van der Waals surface area contributed by atoms with Gasteiger partial charge >= 0.3 is 12.1 Å². The Morgan fingerprint density at radius 3 is 2.74 bits per heavy atom. The van der Waals surface area contributed by atoms with E-state index in [2.05, 4.69) is 17.2 Å². The average Bonchev–Trinajstić information content (AvgIpc) is 2.44. The van der Waals surface area contributed by atoms with Gasteiger partial charge in [0.1, 0.15) is 5.75 Å². The lowest BCUT2D eigenvalue weighted by molar-refractivity contribution is -0.187. The molecule has 8 heteroatoms. The summed E-state index contributed by atoms with van der Waals surface area (Å²) in [7, 11) is 1.67. The van der Waals surface area contributed by atoms with Gasteiger partial charge in [-0.1, -0.05) is 23.4 Å². The normalized spacial score (nSPS) is 16.6. The third-order valence-electron chi connectivity index (χ3n) is 2.94. The second-order valence-corrected chi connectivity index (χ2v) is 5.08. The number of carbonyl (C=O) groups is 1. The Bertz CT molecular complexity index is 732. The fraction of sp³-hybridized carbons (Fsp3) is 0.267. The van der Waals surface area contributed by atoms with E-state index in [1.165, 1.54) is 12.1 Å². The fourth-order valence-electron chi connectivity index (χ4n) is 2.02. The highest BCUT2D eigenvalue weighted by Gasteiger charge is 2.48. The molecule has 122 valence electrons. The third kappa shape index (κ3) is 3.78. The lowest BCUT2D eigenvalue weighted by Crippen LogP contribution is -2.40. The van der Waals surface area contributed by atoms with Crippen molar-refractivity contribution in [2.45, 2.75) is 12.3 Å². The Morgan fingerprint density at radius 1 is 1.48 bits per heavy atom. The molecule has 2 N–H and O–H groups in total. The third-order valence-corrected chi connectivity index (χ3v) is 3.16. The number of benzene rings is 1. The van der Waals surface area contributed by atoms with Crippen molar-refractivity contribution in [3.8, 4) is 17.6 Å². The number of hydrogen-bond acceptors (Lipinski definition) is 3. The Labute approximate surface area is 134 Å². The molecule has 4 nitrogen and oxygen atoms in total. The van der Waals surface area contributed by atoms with E-state index in [0.29, 0.717) is 6.54 Å². The van der Waals surface area contributed by atoms with Crippen LogP contribution in [-0.2, 0) is 4.79 Å². The van der Waals surface area contributed by atoms with E-state index in [1.54, 1.807) is 7.05 Å². The lowest BCUT2D eigenvalue weighted by atomic mass is 9.99. The molecule has 0 amide bonds. The van der Waals surface area contributed by atoms with Crippen LogP contribution in [0.5, 0.6) is 5.75 Å². The van der Waals surface area contributed by atoms with Gasteiger partial charge in [-0.25, -0.2) is 4.79 Å². The van der Waals surface area contributed by atoms with E-state index >= 15 is 0 Å². The molecule has 0 saturated carbocycles. The van der Waals surface area contributed by atoms with Crippen LogP contribution in [-0.4, -0.2) is 36.9 Å². The summed E-state index contributed by atoms with van der Waals surface area (Å²) < 4.78 is 44.1. The summed E-state index contributed by atoms with van der Waals surface area (Å²) in [5.74, 6) is 3.52. The van der Waals surface area contributed by atoms with E-state index in [1.807, 2.05) is 0 Å². The molecule has 1 unspecified atom stereocenters. The van der Waals surface area contributed by atoms with Gasteiger partial charge in [-0.05, 0) is 25.3 Å². The number of ether oxygens (including phenoxy) is 1. The molecular formula is C15H11ClF3NO3. The largest absolute Gasteiger partial charge is 0.478 e. The summed E-state index contributed by atoms with van der Waals surface area (Å²) in [6.45, 7) is 0.320. The molecule has 1 heterocycles. The number of rotatable bonds is 2. The van der Waals surface area contributed by atoms with Gasteiger partial charge in [-0.15, -0.1) is 0 Å². The number of carboxylic acid groups (broad SMARTS) is 1. The van der Waals surface area contributed by atoms with E-state index < -0.39 is 23.8 Å². The summed E-state index contributed by atoms with van der Waals surface area (Å²) in [4.78, 5) is 11.1. The molecule has 1 aromatic carbocycles. The summed E-state index contributed by atoms with van der Waals surface area (Å²) in [6, 6.07) is 2.70. The van der Waals surface area contributed by atoms with Crippen LogP contribution in [0.25, 0.3) is 6.08 Å². The Morgan fingerprint density at radius 2 is 2.17 bits per heavy atom. The van der Waals surface area contributed by atoms with Crippen molar-refractivity contribution in [2.75, 3.05) is 13.6 Å².